The van der Waals surface area contributed by atoms with Crippen molar-refractivity contribution in [1.29, 1.82) is 0 Å². The van der Waals surface area contributed by atoms with Crippen molar-refractivity contribution < 1.29 is 4.42 Å². The molecule has 222 valence electrons. The fourth-order valence-corrected chi connectivity index (χ4v) is 6.67. The maximum Gasteiger partial charge on any atom is 0.164 e. The minimum atomic E-state index is 0.0338. The number of hydrogen-bond acceptors (Lipinski definition) is 4. The lowest BCUT2D eigenvalue weighted by Crippen LogP contribution is -2.08. The molecule has 4 nitrogen and oxygen atoms in total. The highest BCUT2D eigenvalue weighted by Crippen LogP contribution is 2.41. The summed E-state index contributed by atoms with van der Waals surface area (Å²) >= 11 is 0. The molecular formula is C43H29N3O. The highest BCUT2D eigenvalue weighted by atomic mass is 16.3. The van der Waals surface area contributed by atoms with Crippen molar-refractivity contribution in [1.82, 2.24) is 15.0 Å². The van der Waals surface area contributed by atoms with Gasteiger partial charge >= 0.3 is 0 Å². The summed E-state index contributed by atoms with van der Waals surface area (Å²) in [7, 11) is 0. The zero-order chi connectivity index (χ0) is 31.2. The van der Waals surface area contributed by atoms with E-state index in [1.54, 1.807) is 0 Å². The van der Waals surface area contributed by atoms with E-state index in [0.717, 1.165) is 56.4 Å². The number of nitrogens with zero attached hydrogens (tertiary/aromatic N) is 3. The van der Waals surface area contributed by atoms with Crippen LogP contribution in [0.4, 0.5) is 0 Å². The molecule has 8 aromatic rings. The number of hydrogen-bond donors (Lipinski definition) is 0. The Labute approximate surface area is 272 Å². The van der Waals surface area contributed by atoms with E-state index in [9.17, 15) is 0 Å². The number of benzene rings is 6. The lowest BCUT2D eigenvalue weighted by atomic mass is 9.92. The van der Waals surface area contributed by atoms with Crippen LogP contribution in [-0.4, -0.2) is 15.0 Å². The van der Waals surface area contributed by atoms with Gasteiger partial charge in [0.25, 0.3) is 0 Å². The Hall–Kier alpha value is -6.13. The van der Waals surface area contributed by atoms with E-state index in [2.05, 4.69) is 121 Å². The van der Waals surface area contributed by atoms with Crippen LogP contribution in [0.25, 0.3) is 72.2 Å². The summed E-state index contributed by atoms with van der Waals surface area (Å²) in [6.45, 7) is 0. The zero-order valence-corrected chi connectivity index (χ0v) is 25.5. The molecule has 0 saturated carbocycles. The SMILES string of the molecule is C1=CC(c2nc(-c3ccccc3)nc(-c3cccc4oc5c(-c6ccc7ccccc7c6)cccc5c34)n2)CC=C1c1ccccc1. The van der Waals surface area contributed by atoms with Gasteiger partial charge in [-0.05, 0) is 46.0 Å². The molecule has 1 aliphatic carbocycles. The van der Waals surface area contributed by atoms with Gasteiger partial charge in [0.05, 0.1) is 0 Å². The van der Waals surface area contributed by atoms with Crippen molar-refractivity contribution in [3.63, 3.8) is 0 Å². The van der Waals surface area contributed by atoms with Crippen molar-refractivity contribution in [2.24, 2.45) is 0 Å². The average molecular weight is 604 g/mol. The molecule has 1 unspecified atom stereocenters. The third kappa shape index (κ3) is 4.91. The molecule has 2 aromatic heterocycles. The average Bonchev–Trinajstić information content (AvgIpc) is 3.54. The predicted molar refractivity (Wildman–Crippen MR) is 192 cm³/mol. The van der Waals surface area contributed by atoms with E-state index in [1.807, 2.05) is 36.4 Å². The fraction of sp³-hybridized carbons (Fsp3) is 0.0465. The number of fused-ring (bicyclic) bond motifs is 4. The smallest absolute Gasteiger partial charge is 0.164 e. The molecule has 47 heavy (non-hydrogen) atoms. The van der Waals surface area contributed by atoms with Gasteiger partial charge in [0.15, 0.2) is 11.6 Å². The molecule has 1 atom stereocenters. The standard InChI is InChI=1S/C43H29N3O/c1-3-11-28(12-4-1)30-21-24-32(25-22-30)42-44-41(31-14-5-2-6-15-31)45-43(46-42)37-19-10-20-38-39(37)36-18-9-17-35(40(36)47-38)34-26-23-29-13-7-8-16-33(29)27-34/h1-24,26-27,32H,25H2. The summed E-state index contributed by atoms with van der Waals surface area (Å²) in [5, 5.41) is 4.46. The first kappa shape index (κ1) is 27.2. The molecule has 0 fully saturated rings. The van der Waals surface area contributed by atoms with Gasteiger partial charge < -0.3 is 4.42 Å². The summed E-state index contributed by atoms with van der Waals surface area (Å²) < 4.78 is 6.64. The predicted octanol–water partition coefficient (Wildman–Crippen LogP) is 11.1. The molecule has 0 spiro atoms. The topological polar surface area (TPSA) is 51.8 Å². The molecule has 6 aromatic carbocycles. The number of aromatic nitrogens is 3. The fourth-order valence-electron chi connectivity index (χ4n) is 6.67. The van der Waals surface area contributed by atoms with Gasteiger partial charge in [-0.25, -0.2) is 15.0 Å². The van der Waals surface area contributed by atoms with Crippen molar-refractivity contribution in [3.05, 3.63) is 169 Å². The second kappa shape index (κ2) is 11.3. The Balaban J connectivity index is 1.19. The molecule has 1 aliphatic rings. The van der Waals surface area contributed by atoms with Gasteiger partial charge in [0.1, 0.15) is 17.0 Å². The van der Waals surface area contributed by atoms with E-state index in [4.69, 9.17) is 19.4 Å². The van der Waals surface area contributed by atoms with E-state index < -0.39 is 0 Å². The van der Waals surface area contributed by atoms with Crippen LogP contribution in [0.5, 0.6) is 0 Å². The first-order chi connectivity index (χ1) is 23.3. The Bertz CT molecular complexity index is 2490. The van der Waals surface area contributed by atoms with Crippen molar-refractivity contribution in [2.45, 2.75) is 12.3 Å². The molecule has 9 rings (SSSR count). The van der Waals surface area contributed by atoms with Crippen LogP contribution < -0.4 is 0 Å². The molecular weight excluding hydrogens is 574 g/mol. The second-order valence-corrected chi connectivity index (χ2v) is 12.0. The van der Waals surface area contributed by atoms with Crippen LogP contribution in [0.2, 0.25) is 0 Å². The summed E-state index contributed by atoms with van der Waals surface area (Å²) in [6.07, 6.45) is 7.50. The summed E-state index contributed by atoms with van der Waals surface area (Å²) in [6, 6.07) is 48.2. The van der Waals surface area contributed by atoms with Crippen LogP contribution >= 0.6 is 0 Å². The Morgan fingerprint density at radius 1 is 0.553 bits per heavy atom. The van der Waals surface area contributed by atoms with Gasteiger partial charge in [-0.2, -0.15) is 0 Å². The monoisotopic (exact) mass is 603 g/mol. The zero-order valence-electron chi connectivity index (χ0n) is 25.5. The first-order valence-corrected chi connectivity index (χ1v) is 16.0. The molecule has 0 saturated heterocycles. The highest BCUT2D eigenvalue weighted by Gasteiger charge is 2.22. The Morgan fingerprint density at radius 2 is 1.28 bits per heavy atom. The van der Waals surface area contributed by atoms with Gasteiger partial charge in [0.2, 0.25) is 0 Å². The minimum absolute atomic E-state index is 0.0338. The van der Waals surface area contributed by atoms with Gasteiger partial charge in [0, 0.05) is 33.4 Å². The highest BCUT2D eigenvalue weighted by molar-refractivity contribution is 6.15. The Kier molecular flexibility index (Phi) is 6.57. The number of allylic oxidation sites excluding steroid dienone is 4. The maximum absolute atomic E-state index is 6.64. The summed E-state index contributed by atoms with van der Waals surface area (Å²) in [4.78, 5) is 15.3. The summed E-state index contributed by atoms with van der Waals surface area (Å²) in [5.41, 5.74) is 8.17. The normalized spacial score (nSPS) is 14.6. The van der Waals surface area contributed by atoms with Gasteiger partial charge in [-0.1, -0.05) is 146 Å². The van der Waals surface area contributed by atoms with Crippen molar-refractivity contribution in [2.75, 3.05) is 0 Å². The largest absolute Gasteiger partial charge is 0.455 e. The minimum Gasteiger partial charge on any atom is -0.455 e. The molecule has 0 amide bonds. The second-order valence-electron chi connectivity index (χ2n) is 12.0. The maximum atomic E-state index is 6.64. The molecule has 0 aliphatic heterocycles. The van der Waals surface area contributed by atoms with Gasteiger partial charge in [-0.3, -0.25) is 0 Å². The lowest BCUT2D eigenvalue weighted by Gasteiger charge is -2.17. The van der Waals surface area contributed by atoms with Crippen molar-refractivity contribution >= 4 is 38.3 Å². The molecule has 0 radical (unpaired) electrons. The van der Waals surface area contributed by atoms with Gasteiger partial charge in [-0.15, -0.1) is 0 Å². The number of rotatable bonds is 5. The Morgan fingerprint density at radius 3 is 2.09 bits per heavy atom. The van der Waals surface area contributed by atoms with E-state index in [-0.39, 0.29) is 5.92 Å². The number of furan rings is 1. The molecule has 0 bridgehead atoms. The molecule has 2 heterocycles. The summed E-state index contributed by atoms with van der Waals surface area (Å²) in [5.74, 6) is 2.10. The third-order valence-corrected chi connectivity index (χ3v) is 9.05. The van der Waals surface area contributed by atoms with Crippen LogP contribution in [0.3, 0.4) is 0 Å². The quantitative estimate of drug-likeness (QED) is 0.196. The first-order valence-electron chi connectivity index (χ1n) is 16.0. The molecule has 4 heteroatoms. The van der Waals surface area contributed by atoms with E-state index in [0.29, 0.717) is 11.6 Å². The van der Waals surface area contributed by atoms with E-state index >= 15 is 0 Å². The van der Waals surface area contributed by atoms with Crippen LogP contribution in [0.15, 0.2) is 162 Å². The number of para-hydroxylation sites is 1. The van der Waals surface area contributed by atoms with Crippen LogP contribution in [-0.2, 0) is 0 Å². The van der Waals surface area contributed by atoms with Crippen molar-refractivity contribution in [3.8, 4) is 33.9 Å². The molecule has 0 N–H and O–H groups in total. The van der Waals surface area contributed by atoms with E-state index in [1.165, 1.54) is 21.9 Å². The third-order valence-electron chi connectivity index (χ3n) is 9.05. The lowest BCUT2D eigenvalue weighted by molar-refractivity contribution is 0.670. The van der Waals surface area contributed by atoms with Crippen LogP contribution in [0, 0.1) is 0 Å². The van der Waals surface area contributed by atoms with Crippen LogP contribution in [0.1, 0.15) is 23.7 Å².